The Balaban J connectivity index is 0.730. The molecule has 5 atom stereocenters. The van der Waals surface area contributed by atoms with Crippen molar-refractivity contribution >= 4 is 46.9 Å². The van der Waals surface area contributed by atoms with Gasteiger partial charge in [-0.3, -0.25) is 24.4 Å². The maximum absolute atomic E-state index is 13.7. The zero-order valence-electron chi connectivity index (χ0n) is 36.4. The van der Waals surface area contributed by atoms with E-state index in [-0.39, 0.29) is 65.3 Å². The molecule has 6 fully saturated rings. The number of piperidine rings is 3. The van der Waals surface area contributed by atoms with Crippen LogP contribution in [0.2, 0.25) is 10.0 Å². The molecule has 4 bridgehead atoms. The number of nitrogens with zero attached hydrogens (tertiary/aromatic N) is 4. The van der Waals surface area contributed by atoms with Gasteiger partial charge in [0.15, 0.2) is 11.5 Å². The maximum Gasteiger partial charge on any atom is 0.415 e. The summed E-state index contributed by atoms with van der Waals surface area (Å²) in [7, 11) is 0. The molecule has 12 nitrogen and oxygen atoms in total. The number of hydrogen-bond donors (Lipinski definition) is 0. The summed E-state index contributed by atoms with van der Waals surface area (Å²) in [5, 5.41) is 0.539. The minimum atomic E-state index is -3.06. The number of fused-ring (bicyclic) bond motifs is 1. The van der Waals surface area contributed by atoms with Crippen molar-refractivity contribution in [3.63, 3.8) is 0 Å². The van der Waals surface area contributed by atoms with Crippen molar-refractivity contribution in [2.24, 2.45) is 23.7 Å². The van der Waals surface area contributed by atoms with Gasteiger partial charge in [-0.05, 0) is 103 Å². The van der Waals surface area contributed by atoms with E-state index in [0.29, 0.717) is 53.3 Å². The minimum absolute atomic E-state index is 0.0610. The lowest BCUT2D eigenvalue weighted by molar-refractivity contribution is -0.159. The number of anilines is 1. The van der Waals surface area contributed by atoms with Gasteiger partial charge in [0.2, 0.25) is 0 Å². The summed E-state index contributed by atoms with van der Waals surface area (Å²) in [6, 6.07) is 28.8. The number of ether oxygens (including phenoxy) is 5. The summed E-state index contributed by atoms with van der Waals surface area (Å²) in [6.45, 7) is 1.10. The molecule has 2 aliphatic carbocycles. The first kappa shape index (κ1) is 44.9. The third-order valence-electron chi connectivity index (χ3n) is 13.6. The van der Waals surface area contributed by atoms with Crippen molar-refractivity contribution in [2.45, 2.75) is 57.2 Å². The van der Waals surface area contributed by atoms with Gasteiger partial charge in [0.05, 0.1) is 29.1 Å². The number of pyridine rings is 1. The smallest absolute Gasteiger partial charge is 0.415 e. The molecule has 2 saturated carbocycles. The Bertz CT molecular complexity index is 2590. The fraction of sp³-hybridized carbons (Fsp3) is 0.373. The molecule has 2 amide bonds. The first-order valence-corrected chi connectivity index (χ1v) is 23.3. The number of amides is 2. The normalized spacial score (nSPS) is 21.8. The molecule has 348 valence electrons. The van der Waals surface area contributed by atoms with E-state index in [2.05, 4.69) is 9.88 Å². The Morgan fingerprint density at radius 3 is 2.21 bits per heavy atom. The van der Waals surface area contributed by atoms with Crippen LogP contribution in [-0.4, -0.2) is 84.3 Å². The topological polar surface area (TPSA) is 120 Å². The highest BCUT2D eigenvalue weighted by atomic mass is 35.5. The molecular weight excluding hydrogens is 905 g/mol. The molecule has 0 spiro atoms. The van der Waals surface area contributed by atoms with E-state index in [1.807, 2.05) is 66.7 Å². The van der Waals surface area contributed by atoms with Crippen LogP contribution in [0.1, 0.15) is 58.0 Å². The van der Waals surface area contributed by atoms with Crippen molar-refractivity contribution in [3.05, 3.63) is 147 Å². The Kier molecular flexibility index (Phi) is 12.7. The first-order chi connectivity index (χ1) is 32.5. The Morgan fingerprint density at radius 2 is 1.55 bits per heavy atom. The number of alkyl halides is 2. The van der Waals surface area contributed by atoms with E-state index < -0.39 is 24.6 Å². The van der Waals surface area contributed by atoms with E-state index in [1.165, 1.54) is 30.6 Å². The Labute approximate surface area is 396 Å². The Morgan fingerprint density at radius 1 is 0.821 bits per heavy atom. The average Bonchev–Trinajstić information content (AvgIpc) is 4.23. The van der Waals surface area contributed by atoms with Gasteiger partial charge in [-0.1, -0.05) is 71.7 Å². The molecule has 6 aliphatic rings. The number of carbonyl (C=O) groups excluding carboxylic acids is 3. The molecule has 5 heterocycles. The number of aromatic nitrogens is 1. The van der Waals surface area contributed by atoms with Gasteiger partial charge in [-0.15, -0.1) is 0 Å². The van der Waals surface area contributed by atoms with Crippen LogP contribution in [0, 0.1) is 23.7 Å². The van der Waals surface area contributed by atoms with Crippen LogP contribution in [0.25, 0.3) is 0 Å². The van der Waals surface area contributed by atoms with Gasteiger partial charge in [-0.2, -0.15) is 8.78 Å². The average molecular weight is 954 g/mol. The number of rotatable bonds is 18. The van der Waals surface area contributed by atoms with Gasteiger partial charge >= 0.3 is 18.7 Å². The van der Waals surface area contributed by atoms with Gasteiger partial charge in [-0.25, -0.2) is 4.79 Å². The molecule has 4 aliphatic heterocycles. The molecule has 1 aromatic heterocycles. The molecule has 5 aromatic rings. The van der Waals surface area contributed by atoms with Gasteiger partial charge in [0, 0.05) is 68.1 Å². The van der Waals surface area contributed by atoms with Crippen molar-refractivity contribution in [1.29, 1.82) is 0 Å². The lowest BCUT2D eigenvalue weighted by Crippen LogP contribution is -2.53. The van der Waals surface area contributed by atoms with Crippen molar-refractivity contribution < 1.29 is 46.8 Å². The standard InChI is InChI=1S/C51H48Cl2F2N4O8/c52-42-22-56-23-43(53)39(42)21-45(35-14-17-44(66-49(54)55)46(20-35)64-29-32-6-7-32)65-48(61)36-25-58(26-36)47(60)34-12-8-33(9-13-34)28-63-38-15-10-31(11-16-38)24-59(37-4-2-1-3-5-37)50(62)67-51-30-57-19-18-40(51)41(51)27-57/h1-5,8-17,20,22-23,32,36,40-41,45,49H,6-7,18-19,21,24-30H2/t40?,41?,45-,51+/m0/s1. The minimum Gasteiger partial charge on any atom is -0.489 e. The SMILES string of the molecule is O=C(O[C@@H](Cc1c(Cl)cncc1Cl)c1ccc(OC(F)F)c(OCC2CC2)c1)C1CN(C(=O)c2ccc(COc3ccc(CN(C(=O)O[C@]45CN6CCC4C5C6)c4ccccc4)cc3)cc2)C1. The van der Waals surface area contributed by atoms with Crippen LogP contribution in [0.15, 0.2) is 109 Å². The van der Waals surface area contributed by atoms with E-state index >= 15 is 0 Å². The summed E-state index contributed by atoms with van der Waals surface area (Å²) in [4.78, 5) is 50.5. The third kappa shape index (κ3) is 9.89. The lowest BCUT2D eigenvalue weighted by atomic mass is 9.97. The van der Waals surface area contributed by atoms with Crippen molar-refractivity contribution in [3.8, 4) is 17.2 Å². The van der Waals surface area contributed by atoms with Crippen LogP contribution < -0.4 is 19.1 Å². The molecule has 4 saturated heterocycles. The van der Waals surface area contributed by atoms with E-state index in [4.69, 9.17) is 46.9 Å². The zero-order chi connectivity index (χ0) is 46.2. The second kappa shape index (κ2) is 19.0. The second-order valence-corrected chi connectivity index (χ2v) is 18.9. The predicted molar refractivity (Wildman–Crippen MR) is 245 cm³/mol. The van der Waals surface area contributed by atoms with Crippen molar-refractivity contribution in [2.75, 3.05) is 44.2 Å². The van der Waals surface area contributed by atoms with Crippen LogP contribution >= 0.6 is 23.2 Å². The largest absolute Gasteiger partial charge is 0.489 e. The van der Waals surface area contributed by atoms with Gasteiger partial charge in [0.1, 0.15) is 24.1 Å². The number of carbonyl (C=O) groups is 3. The molecule has 4 aromatic carbocycles. The number of hydrogen-bond acceptors (Lipinski definition) is 10. The first-order valence-electron chi connectivity index (χ1n) is 22.6. The Hall–Kier alpha value is -5.96. The van der Waals surface area contributed by atoms with Crippen LogP contribution in [0.5, 0.6) is 17.2 Å². The highest BCUT2D eigenvalue weighted by Gasteiger charge is 2.74. The van der Waals surface area contributed by atoms with E-state index in [1.54, 1.807) is 21.9 Å². The van der Waals surface area contributed by atoms with E-state index in [9.17, 15) is 23.2 Å². The number of benzene rings is 4. The monoisotopic (exact) mass is 952 g/mol. The van der Waals surface area contributed by atoms with E-state index in [0.717, 1.165) is 55.7 Å². The highest BCUT2D eigenvalue weighted by molar-refractivity contribution is 6.35. The zero-order valence-corrected chi connectivity index (χ0v) is 37.9. The third-order valence-corrected chi connectivity index (χ3v) is 14.2. The number of halogens is 4. The fourth-order valence-electron chi connectivity index (χ4n) is 9.56. The summed E-state index contributed by atoms with van der Waals surface area (Å²) in [5.74, 6) is 0.499. The van der Waals surface area contributed by atoms with Gasteiger partial charge in [0.25, 0.3) is 5.91 Å². The predicted octanol–water partition coefficient (Wildman–Crippen LogP) is 9.80. The van der Waals surface area contributed by atoms with Crippen LogP contribution in [0.4, 0.5) is 19.3 Å². The van der Waals surface area contributed by atoms with Crippen LogP contribution in [-0.2, 0) is 33.8 Å². The fourth-order valence-corrected chi connectivity index (χ4v) is 10.1. The molecule has 3 unspecified atom stereocenters. The van der Waals surface area contributed by atoms with Gasteiger partial charge < -0.3 is 28.6 Å². The number of likely N-dealkylation sites (tertiary alicyclic amines) is 1. The molecule has 11 rings (SSSR count). The summed E-state index contributed by atoms with van der Waals surface area (Å²) in [5.41, 5.74) is 3.63. The number of esters is 1. The molecular formula is C51H48Cl2F2N4O8. The highest BCUT2D eigenvalue weighted by Crippen LogP contribution is 2.63. The molecule has 0 N–H and O–H groups in total. The second-order valence-electron chi connectivity index (χ2n) is 18.1. The number of para-hydroxylation sites is 1. The maximum atomic E-state index is 13.7. The lowest BCUT2D eigenvalue weighted by Gasteiger charge is -2.38. The summed E-state index contributed by atoms with van der Waals surface area (Å²) >= 11 is 12.9. The van der Waals surface area contributed by atoms with Crippen LogP contribution in [0.3, 0.4) is 0 Å². The quantitative estimate of drug-likeness (QED) is 0.0786. The van der Waals surface area contributed by atoms with Crippen molar-refractivity contribution in [1.82, 2.24) is 14.8 Å². The molecule has 16 heteroatoms. The summed E-state index contributed by atoms with van der Waals surface area (Å²) in [6.07, 6.45) is 4.72. The summed E-state index contributed by atoms with van der Waals surface area (Å²) < 4.78 is 55.6. The molecule has 0 radical (unpaired) electrons. The molecule has 67 heavy (non-hydrogen) atoms.